The second-order valence-electron chi connectivity index (χ2n) is 10.0. The van der Waals surface area contributed by atoms with Crippen LogP contribution in [0.25, 0.3) is 6.08 Å². The summed E-state index contributed by atoms with van der Waals surface area (Å²) in [7, 11) is 0. The summed E-state index contributed by atoms with van der Waals surface area (Å²) in [6.07, 6.45) is 2.90. The van der Waals surface area contributed by atoms with E-state index in [1.807, 2.05) is 30.3 Å². The minimum absolute atomic E-state index is 0.245. The molecular formula is C30H36N8O3. The minimum atomic E-state index is -1.50. The number of carbonyl (C=O) groups is 2. The first kappa shape index (κ1) is 29.4. The maximum atomic E-state index is 13.0. The van der Waals surface area contributed by atoms with E-state index in [2.05, 4.69) is 28.5 Å². The van der Waals surface area contributed by atoms with Crippen LogP contribution in [0.1, 0.15) is 30.0 Å². The zero-order chi connectivity index (χ0) is 29.7. The molecule has 11 heteroatoms. The Bertz CT molecular complexity index is 1480. The van der Waals surface area contributed by atoms with Gasteiger partial charge in [-0.05, 0) is 84.5 Å². The molecule has 0 aliphatic carbocycles. The molecule has 3 aromatic carbocycles. The van der Waals surface area contributed by atoms with Crippen molar-refractivity contribution in [1.29, 1.82) is 5.41 Å². The fourth-order valence-electron chi connectivity index (χ4n) is 4.67. The summed E-state index contributed by atoms with van der Waals surface area (Å²) in [4.78, 5) is 26.8. The van der Waals surface area contributed by atoms with Crippen molar-refractivity contribution in [1.82, 2.24) is 0 Å². The second-order valence-corrected chi connectivity index (χ2v) is 10.0. The highest BCUT2D eigenvalue weighted by Crippen LogP contribution is 2.36. The monoisotopic (exact) mass is 556 g/mol. The fourth-order valence-corrected chi connectivity index (χ4v) is 4.67. The Morgan fingerprint density at radius 3 is 2.46 bits per heavy atom. The number of nitrogens with zero attached hydrogens (tertiary/aromatic N) is 1. The van der Waals surface area contributed by atoms with E-state index in [1.165, 1.54) is 6.08 Å². The van der Waals surface area contributed by atoms with Crippen LogP contribution in [0.4, 0.5) is 22.7 Å². The van der Waals surface area contributed by atoms with Crippen LogP contribution in [0.3, 0.4) is 0 Å². The summed E-state index contributed by atoms with van der Waals surface area (Å²) < 4.78 is 0. The summed E-state index contributed by atoms with van der Waals surface area (Å²) in [6, 6.07) is 20.4. The van der Waals surface area contributed by atoms with Crippen LogP contribution in [0.2, 0.25) is 0 Å². The number of aliphatic carboxylic acids is 1. The molecule has 0 aromatic heterocycles. The van der Waals surface area contributed by atoms with Crippen LogP contribution in [-0.2, 0) is 22.4 Å². The molecule has 0 saturated carbocycles. The maximum Gasteiger partial charge on any atom is 0.354 e. The third kappa shape index (κ3) is 6.97. The van der Waals surface area contributed by atoms with Gasteiger partial charge in [0.2, 0.25) is 0 Å². The Morgan fingerprint density at radius 1 is 1.07 bits per heavy atom. The molecule has 0 unspecified atom stereocenters. The maximum absolute atomic E-state index is 13.0. The number of carbonyl (C=O) groups excluding carboxylic acids is 1. The zero-order valence-electron chi connectivity index (χ0n) is 22.9. The molecule has 41 heavy (non-hydrogen) atoms. The van der Waals surface area contributed by atoms with Crippen molar-refractivity contribution in [2.75, 3.05) is 22.1 Å². The molecule has 0 radical (unpaired) electrons. The first-order valence-corrected chi connectivity index (χ1v) is 13.3. The van der Waals surface area contributed by atoms with Crippen LogP contribution in [0.15, 0.2) is 72.3 Å². The molecule has 3 aromatic rings. The van der Waals surface area contributed by atoms with E-state index >= 15 is 0 Å². The number of fused-ring (bicyclic) bond motifs is 1. The van der Waals surface area contributed by atoms with Gasteiger partial charge in [0, 0.05) is 29.3 Å². The van der Waals surface area contributed by atoms with Crippen LogP contribution >= 0.6 is 0 Å². The second kappa shape index (κ2) is 12.3. The predicted octanol–water partition coefficient (Wildman–Crippen LogP) is 2.69. The number of para-hydroxylation sites is 1. The Kier molecular flexibility index (Phi) is 8.84. The van der Waals surface area contributed by atoms with Crippen LogP contribution in [0.5, 0.6) is 0 Å². The summed E-state index contributed by atoms with van der Waals surface area (Å²) in [5, 5.41) is 23.2. The van der Waals surface area contributed by atoms with Crippen molar-refractivity contribution in [2.45, 2.75) is 38.1 Å². The van der Waals surface area contributed by atoms with Gasteiger partial charge in [0.25, 0.3) is 5.91 Å². The highest BCUT2D eigenvalue weighted by atomic mass is 16.4. The quantitative estimate of drug-likeness (QED) is 0.105. The van der Waals surface area contributed by atoms with Gasteiger partial charge in [-0.2, -0.15) is 0 Å². The summed E-state index contributed by atoms with van der Waals surface area (Å²) in [5.41, 5.74) is 28.4. The van der Waals surface area contributed by atoms with Gasteiger partial charge in [0.1, 0.15) is 6.17 Å². The lowest BCUT2D eigenvalue weighted by atomic mass is 9.96. The van der Waals surface area contributed by atoms with E-state index < -0.39 is 29.5 Å². The van der Waals surface area contributed by atoms with Crippen LogP contribution in [-0.4, -0.2) is 41.2 Å². The lowest BCUT2D eigenvalue weighted by Crippen LogP contribution is -2.70. The fraction of sp³-hybridized carbons (Fsp3) is 0.233. The van der Waals surface area contributed by atoms with E-state index in [9.17, 15) is 14.7 Å². The van der Waals surface area contributed by atoms with Gasteiger partial charge in [0.05, 0.1) is 5.57 Å². The molecule has 0 fully saturated rings. The van der Waals surface area contributed by atoms with Gasteiger partial charge in [-0.15, -0.1) is 0 Å². The summed E-state index contributed by atoms with van der Waals surface area (Å²) in [6.45, 7) is 2.83. The number of hydrogen-bond donors (Lipinski definition) is 8. The molecule has 1 aliphatic heterocycles. The van der Waals surface area contributed by atoms with E-state index in [0.29, 0.717) is 16.9 Å². The summed E-state index contributed by atoms with van der Waals surface area (Å²) in [5.74, 6) is -3.66. The minimum Gasteiger partial charge on any atom is -0.477 e. The van der Waals surface area contributed by atoms with Crippen molar-refractivity contribution in [3.63, 3.8) is 0 Å². The molecule has 0 atom stereocenters. The topological polar surface area (TPSA) is 210 Å². The van der Waals surface area contributed by atoms with Crippen molar-refractivity contribution < 1.29 is 14.7 Å². The molecule has 0 bridgehead atoms. The molecule has 0 spiro atoms. The van der Waals surface area contributed by atoms with Gasteiger partial charge >= 0.3 is 5.97 Å². The first-order chi connectivity index (χ1) is 19.5. The van der Waals surface area contributed by atoms with Crippen molar-refractivity contribution in [3.05, 3.63) is 89.0 Å². The average Bonchev–Trinajstić information content (AvgIpc) is 2.95. The number of benzene rings is 3. The molecule has 1 amide bonds. The molecule has 1 aliphatic rings. The van der Waals surface area contributed by atoms with E-state index in [0.717, 1.165) is 48.3 Å². The number of nitrogens with two attached hydrogens (primary N) is 4. The van der Waals surface area contributed by atoms with E-state index in [1.54, 1.807) is 30.3 Å². The zero-order valence-corrected chi connectivity index (χ0v) is 22.9. The van der Waals surface area contributed by atoms with Crippen molar-refractivity contribution in [3.8, 4) is 0 Å². The Hall–Kier alpha value is -4.55. The molecular weight excluding hydrogens is 520 g/mol. The lowest BCUT2D eigenvalue weighted by molar-refractivity contribution is -0.129. The molecule has 0 saturated heterocycles. The van der Waals surface area contributed by atoms with E-state index in [-0.39, 0.29) is 5.57 Å². The molecule has 4 rings (SSSR count). The Balaban J connectivity index is 1.68. The number of aryl methyl sites for hydroxylation is 2. The van der Waals surface area contributed by atoms with Gasteiger partial charge in [0.15, 0.2) is 11.5 Å². The first-order valence-electron chi connectivity index (χ1n) is 13.3. The predicted molar refractivity (Wildman–Crippen MR) is 163 cm³/mol. The highest BCUT2D eigenvalue weighted by Gasteiger charge is 2.26. The third-order valence-corrected chi connectivity index (χ3v) is 6.90. The number of amides is 1. The molecule has 1 heterocycles. The standard InChI is InChI=1S/C30H36N8O3/c1-2-18-14-22(37-30(34,35)29(32)33)17-23(15-18)38-12-6-7-20-13-19(10-11-25(20)38)16-24(26(31)28(40)41)27(39)36-21-8-4-3-5-9-21/h3-5,8-11,13-17,29,31,37H,2,6-7,12,32-35H2,1H3,(H,36,39)(H,40,41)/b24-16-,31-26?. The number of carboxylic acid groups (broad SMARTS) is 1. The number of nitrogens with one attached hydrogen (secondary N) is 3. The smallest absolute Gasteiger partial charge is 0.354 e. The molecule has 214 valence electrons. The Morgan fingerprint density at radius 2 is 1.80 bits per heavy atom. The van der Waals surface area contributed by atoms with Gasteiger partial charge in [-0.1, -0.05) is 31.2 Å². The van der Waals surface area contributed by atoms with Gasteiger partial charge < -0.3 is 32.1 Å². The van der Waals surface area contributed by atoms with Crippen molar-refractivity contribution in [2.24, 2.45) is 22.9 Å². The average molecular weight is 557 g/mol. The normalized spacial score (nSPS) is 13.5. The summed E-state index contributed by atoms with van der Waals surface area (Å²) >= 11 is 0. The number of anilines is 4. The molecule has 11 nitrogen and oxygen atoms in total. The van der Waals surface area contributed by atoms with Crippen molar-refractivity contribution >= 4 is 46.4 Å². The largest absolute Gasteiger partial charge is 0.477 e. The Labute approximate surface area is 238 Å². The number of carboxylic acids is 1. The van der Waals surface area contributed by atoms with Crippen LogP contribution < -0.4 is 38.5 Å². The van der Waals surface area contributed by atoms with Crippen LogP contribution in [0, 0.1) is 5.41 Å². The van der Waals surface area contributed by atoms with Gasteiger partial charge in [-0.25, -0.2) is 4.79 Å². The van der Waals surface area contributed by atoms with Gasteiger partial charge in [-0.3, -0.25) is 21.7 Å². The lowest BCUT2D eigenvalue weighted by Gasteiger charge is -2.34. The molecule has 12 N–H and O–H groups in total. The SMILES string of the molecule is CCc1cc(NC(N)(N)C(N)N)cc(N2CCCc3cc(/C=C(/C(=N)C(=O)O)C(=O)Nc4ccccc4)ccc32)c1. The highest BCUT2D eigenvalue weighted by molar-refractivity contribution is 6.50. The third-order valence-electron chi connectivity index (χ3n) is 6.90. The number of rotatable bonds is 10. The van der Waals surface area contributed by atoms with E-state index in [4.69, 9.17) is 28.3 Å². The number of hydrogen-bond acceptors (Lipinski definition) is 9.